The summed E-state index contributed by atoms with van der Waals surface area (Å²) in [6, 6.07) is 0. The van der Waals surface area contributed by atoms with Gasteiger partial charge in [-0.2, -0.15) is 0 Å². The topological polar surface area (TPSA) is 58.9 Å². The first-order chi connectivity index (χ1) is 28.2. The zero-order valence-electron chi connectivity index (χ0n) is 37.6. The van der Waals surface area contributed by atoms with Crippen molar-refractivity contribution < 1.29 is 40.5 Å². The van der Waals surface area contributed by atoms with Crippen molar-refractivity contribution in [1.82, 2.24) is 0 Å². The number of aliphatic hydroxyl groups is 2. The average molecular weight is 927 g/mol. The number of hydrogen-bond donors (Lipinski definition) is 2. The summed E-state index contributed by atoms with van der Waals surface area (Å²) in [5.74, 6) is 10.9. The monoisotopic (exact) mass is 925 g/mol. The number of fused-ring (bicyclic) bond motifs is 2. The Balaban J connectivity index is 0.00000166. The van der Waals surface area contributed by atoms with Gasteiger partial charge in [-0.05, 0) is 191 Å². The standard InChI is InChI=1S/C51H88O4.2ClH.Zr/c1-32-20-26-46(44(30-32)40-16-9-18-42(50(40)52)48-34(3)22-24-36-12-5-7-14-38(36)48)54-28-11-29-55-47-27-21-33(2)31-45(47)41-17-10-19-43(51(41)53)49-35(4)23-25-37-13-6-8-15-39(37)49;;;/h32-53H,5-31H2,1-4H3;2*1H;/q;;;+2/p-2/t32?,33?,34-,35+,36?,37?,38?,39?,40?,41?,42-,43?,44?,45?,46?,47?,48?,49+,50?,51?;;;/m0.../s1. The van der Waals surface area contributed by atoms with E-state index in [2.05, 4.69) is 27.7 Å². The van der Waals surface area contributed by atoms with Crippen LogP contribution in [0.1, 0.15) is 188 Å². The summed E-state index contributed by atoms with van der Waals surface area (Å²) < 4.78 is 13.8. The van der Waals surface area contributed by atoms with Crippen LogP contribution in [-0.2, 0) is 30.3 Å². The summed E-state index contributed by atoms with van der Waals surface area (Å²) in [5.41, 5.74) is 0. The predicted octanol–water partition coefficient (Wildman–Crippen LogP) is 13.7. The van der Waals surface area contributed by atoms with E-state index in [9.17, 15) is 10.2 Å². The van der Waals surface area contributed by atoms with Crippen LogP contribution in [0.5, 0.6) is 0 Å². The van der Waals surface area contributed by atoms with Crippen molar-refractivity contribution in [3.63, 3.8) is 0 Å². The zero-order valence-corrected chi connectivity index (χ0v) is 41.6. The van der Waals surface area contributed by atoms with Crippen molar-refractivity contribution in [2.45, 2.75) is 213 Å². The van der Waals surface area contributed by atoms with Crippen LogP contribution >= 0.6 is 17.0 Å². The van der Waals surface area contributed by atoms with Gasteiger partial charge in [-0.3, -0.25) is 0 Å². The molecule has 0 amide bonds. The van der Waals surface area contributed by atoms with E-state index in [0.29, 0.717) is 47.7 Å². The second-order valence-corrected chi connectivity index (χ2v) is 26.3. The van der Waals surface area contributed by atoms with Crippen LogP contribution in [0.2, 0.25) is 0 Å². The van der Waals surface area contributed by atoms with Crippen molar-refractivity contribution in [3.05, 3.63) is 0 Å². The van der Waals surface area contributed by atoms with Crippen LogP contribution in [0, 0.1) is 94.7 Å². The third-order valence-electron chi connectivity index (χ3n) is 19.4. The molecule has 8 aliphatic rings. The Hall–Kier alpha value is 1.30. The van der Waals surface area contributed by atoms with Gasteiger partial charge >= 0.3 is 37.9 Å². The third-order valence-corrected chi connectivity index (χ3v) is 19.4. The van der Waals surface area contributed by atoms with E-state index in [4.69, 9.17) is 26.5 Å². The molecule has 20 atom stereocenters. The van der Waals surface area contributed by atoms with Crippen LogP contribution < -0.4 is 0 Å². The molecule has 58 heavy (non-hydrogen) atoms. The normalized spacial score (nSPS) is 48.8. The summed E-state index contributed by atoms with van der Waals surface area (Å²) >= 11 is -0.826. The molecule has 0 spiro atoms. The van der Waals surface area contributed by atoms with Gasteiger partial charge in [0.05, 0.1) is 24.4 Å². The molecule has 0 aliphatic heterocycles. The van der Waals surface area contributed by atoms with Crippen molar-refractivity contribution in [2.24, 2.45) is 94.7 Å². The summed E-state index contributed by atoms with van der Waals surface area (Å²) in [5, 5.41) is 24.7. The quantitative estimate of drug-likeness (QED) is 0.214. The van der Waals surface area contributed by atoms with Crippen molar-refractivity contribution in [2.75, 3.05) is 13.2 Å². The molecule has 8 fully saturated rings. The molecule has 7 heteroatoms. The fourth-order valence-electron chi connectivity index (χ4n) is 16.8. The van der Waals surface area contributed by atoms with Gasteiger partial charge in [0.15, 0.2) is 0 Å². The molecule has 8 saturated carbocycles. The fourth-order valence-corrected chi connectivity index (χ4v) is 16.8. The first-order valence-electron chi connectivity index (χ1n) is 25.8. The predicted molar refractivity (Wildman–Crippen MR) is 237 cm³/mol. The van der Waals surface area contributed by atoms with Gasteiger partial charge in [0.2, 0.25) is 0 Å². The molecule has 0 aromatic rings. The molecule has 2 N–H and O–H groups in total. The Morgan fingerprint density at radius 1 is 0.431 bits per heavy atom. The third kappa shape index (κ3) is 11.2. The average Bonchev–Trinajstić information content (AvgIpc) is 3.22. The number of hydrogen-bond acceptors (Lipinski definition) is 4. The van der Waals surface area contributed by atoms with Crippen LogP contribution in [0.25, 0.3) is 0 Å². The second kappa shape index (κ2) is 23.0. The SMILES string of the molecule is CC1CCC(OCCCOC2CCC(C)CC2C2CCC[C@@H](C3C4CCCCC4CC[C@@H]3C)C2O)C(C2CCCC([C@H]3C4CCCCC4CC[C@H]3C)C2O)C1.[Cl][Zr][Cl]. The minimum absolute atomic E-state index is 0.141. The van der Waals surface area contributed by atoms with Gasteiger partial charge in [0.1, 0.15) is 0 Å². The molecule has 8 aliphatic carbocycles. The molecule has 0 aromatic heterocycles. The van der Waals surface area contributed by atoms with Crippen molar-refractivity contribution in [1.29, 1.82) is 0 Å². The van der Waals surface area contributed by atoms with E-state index >= 15 is 0 Å². The van der Waals surface area contributed by atoms with Crippen LogP contribution in [0.3, 0.4) is 0 Å². The molecule has 0 aromatic carbocycles. The molecular formula is C51H88Cl2O4Zr. The van der Waals surface area contributed by atoms with Gasteiger partial charge in [-0.25, -0.2) is 0 Å². The van der Waals surface area contributed by atoms with E-state index in [1.807, 2.05) is 0 Å². The van der Waals surface area contributed by atoms with Gasteiger partial charge in [-0.15, -0.1) is 0 Å². The van der Waals surface area contributed by atoms with Crippen molar-refractivity contribution in [3.8, 4) is 0 Å². The van der Waals surface area contributed by atoms with Gasteiger partial charge in [0, 0.05) is 13.2 Å². The van der Waals surface area contributed by atoms with E-state index in [-0.39, 0.29) is 12.2 Å². The number of ether oxygens (including phenoxy) is 2. The second-order valence-electron chi connectivity index (χ2n) is 22.6. The molecule has 4 nitrogen and oxygen atoms in total. The molecule has 0 heterocycles. The Labute approximate surface area is 375 Å². The Morgan fingerprint density at radius 2 is 0.810 bits per heavy atom. The maximum atomic E-state index is 12.3. The zero-order chi connectivity index (χ0) is 40.8. The summed E-state index contributed by atoms with van der Waals surface area (Å²) in [7, 11) is 9.87. The van der Waals surface area contributed by atoms with Crippen LogP contribution in [-0.4, -0.2) is 47.8 Å². The fraction of sp³-hybridized carbons (Fsp3) is 1.00. The molecule has 8 rings (SSSR count). The Morgan fingerprint density at radius 3 is 1.24 bits per heavy atom. The van der Waals surface area contributed by atoms with E-state index < -0.39 is 20.8 Å². The molecular weight excluding hydrogens is 839 g/mol. The van der Waals surface area contributed by atoms with E-state index in [0.717, 1.165) is 91.7 Å². The molecule has 16 unspecified atom stereocenters. The minimum atomic E-state index is -0.826. The van der Waals surface area contributed by atoms with Gasteiger partial charge < -0.3 is 19.7 Å². The maximum absolute atomic E-state index is 12.3. The Bertz CT molecular complexity index is 1120. The van der Waals surface area contributed by atoms with E-state index in [1.54, 1.807) is 0 Å². The van der Waals surface area contributed by atoms with Crippen LogP contribution in [0.15, 0.2) is 0 Å². The molecule has 0 saturated heterocycles. The number of rotatable bonds is 10. The first-order valence-corrected chi connectivity index (χ1v) is 32.1. The van der Waals surface area contributed by atoms with Crippen molar-refractivity contribution >= 4 is 17.0 Å². The number of aliphatic hydroxyl groups excluding tert-OH is 2. The van der Waals surface area contributed by atoms with Gasteiger partial charge in [-0.1, -0.05) is 91.9 Å². The summed E-state index contributed by atoms with van der Waals surface area (Å²) in [6.45, 7) is 11.6. The molecule has 334 valence electrons. The molecule has 0 radical (unpaired) electrons. The first kappa shape index (κ1) is 47.3. The summed E-state index contributed by atoms with van der Waals surface area (Å²) in [6.07, 6.45) is 33.2. The number of halogens is 2. The Kier molecular flexibility index (Phi) is 18.7. The summed E-state index contributed by atoms with van der Waals surface area (Å²) in [4.78, 5) is 0. The molecule has 0 bridgehead atoms. The van der Waals surface area contributed by atoms with Crippen LogP contribution in [0.4, 0.5) is 0 Å². The van der Waals surface area contributed by atoms with Gasteiger partial charge in [0.25, 0.3) is 0 Å². The van der Waals surface area contributed by atoms with E-state index in [1.165, 1.54) is 141 Å².